The summed E-state index contributed by atoms with van der Waals surface area (Å²) < 4.78 is 18.4. The predicted octanol–water partition coefficient (Wildman–Crippen LogP) is 2.62. The Hall–Kier alpha value is -1.60. The molecular weight excluding hydrogens is 231 g/mol. The minimum absolute atomic E-state index is 0.177. The van der Waals surface area contributed by atoms with Crippen LogP contribution < -0.4 is 10.5 Å². The molecule has 3 nitrogen and oxygen atoms in total. The molecule has 2 N–H and O–H groups in total. The van der Waals surface area contributed by atoms with Gasteiger partial charge in [0, 0.05) is 6.07 Å². The van der Waals surface area contributed by atoms with Crippen LogP contribution in [0, 0.1) is 23.1 Å². The summed E-state index contributed by atoms with van der Waals surface area (Å²) in [6.45, 7) is 0.467. The fourth-order valence-corrected chi connectivity index (χ4v) is 2.53. The highest BCUT2D eigenvalue weighted by Gasteiger charge is 2.39. The van der Waals surface area contributed by atoms with Gasteiger partial charge in [-0.3, -0.25) is 0 Å². The van der Waals surface area contributed by atoms with Crippen LogP contribution in [0.3, 0.4) is 0 Å². The maximum absolute atomic E-state index is 12.9. The Balaban J connectivity index is 1.84. The van der Waals surface area contributed by atoms with Gasteiger partial charge in [-0.1, -0.05) is 12.5 Å². The average Bonchev–Trinajstić information content (AvgIpc) is 2.72. The van der Waals surface area contributed by atoms with Gasteiger partial charge >= 0.3 is 0 Å². The number of hydrogen-bond donors (Lipinski definition) is 1. The van der Waals surface area contributed by atoms with E-state index in [1.54, 1.807) is 12.1 Å². The molecule has 0 radical (unpaired) electrons. The summed E-state index contributed by atoms with van der Waals surface area (Å²) in [5.41, 5.74) is 5.33. The Kier molecular flexibility index (Phi) is 3.83. The van der Waals surface area contributed by atoms with Gasteiger partial charge in [0.25, 0.3) is 0 Å². The summed E-state index contributed by atoms with van der Waals surface area (Å²) in [5, 5.41) is 9.08. The van der Waals surface area contributed by atoms with Crippen molar-refractivity contribution in [3.8, 4) is 11.8 Å². The summed E-state index contributed by atoms with van der Waals surface area (Å²) in [6.07, 6.45) is 3.46. The second kappa shape index (κ2) is 5.36. The average molecular weight is 248 g/mol. The first-order valence-electron chi connectivity index (χ1n) is 6.22. The molecule has 2 atom stereocenters. The molecule has 0 aromatic heterocycles. The Morgan fingerprint density at radius 1 is 1.56 bits per heavy atom. The van der Waals surface area contributed by atoms with Crippen molar-refractivity contribution in [2.45, 2.75) is 31.2 Å². The van der Waals surface area contributed by atoms with Crippen molar-refractivity contribution >= 4 is 0 Å². The quantitative estimate of drug-likeness (QED) is 0.891. The van der Waals surface area contributed by atoms with Gasteiger partial charge in [0.05, 0.1) is 12.7 Å². The largest absolute Gasteiger partial charge is 0.493 e. The first-order chi connectivity index (χ1) is 8.64. The molecule has 1 aliphatic carbocycles. The topological polar surface area (TPSA) is 59.0 Å². The lowest BCUT2D eigenvalue weighted by atomic mass is 9.87. The molecule has 96 valence electrons. The summed E-state index contributed by atoms with van der Waals surface area (Å²) in [6, 6.07) is 8.28. The summed E-state index contributed by atoms with van der Waals surface area (Å²) in [4.78, 5) is 0. The molecule has 1 aromatic carbocycles. The van der Waals surface area contributed by atoms with Crippen molar-refractivity contribution in [2.75, 3.05) is 6.61 Å². The van der Waals surface area contributed by atoms with Crippen LogP contribution in [-0.4, -0.2) is 12.1 Å². The Labute approximate surface area is 106 Å². The van der Waals surface area contributed by atoms with Gasteiger partial charge in [-0.05, 0) is 37.3 Å². The molecular formula is C14H17FN2O. The summed E-state index contributed by atoms with van der Waals surface area (Å²) in [7, 11) is 0. The maximum Gasteiger partial charge on any atom is 0.126 e. The van der Waals surface area contributed by atoms with E-state index in [4.69, 9.17) is 15.7 Å². The third-order valence-corrected chi connectivity index (χ3v) is 3.61. The molecule has 0 heterocycles. The molecule has 2 unspecified atom stereocenters. The third kappa shape index (κ3) is 2.80. The minimum Gasteiger partial charge on any atom is -0.493 e. The van der Waals surface area contributed by atoms with Crippen LogP contribution in [0.1, 0.15) is 25.7 Å². The highest BCUT2D eigenvalue weighted by molar-refractivity contribution is 5.22. The standard InChI is InChI=1S/C14H17FN2O/c15-12-4-1-5-13(9-12)18-8-6-11-3-2-7-14(11,17)10-16/h1,4-5,9,11H,2-3,6-8,17H2. The molecule has 0 amide bonds. The monoisotopic (exact) mass is 248 g/mol. The molecule has 0 bridgehead atoms. The SMILES string of the molecule is N#CC1(N)CCCC1CCOc1cccc(F)c1. The van der Waals surface area contributed by atoms with E-state index in [1.165, 1.54) is 12.1 Å². The van der Waals surface area contributed by atoms with Crippen LogP contribution in [0.2, 0.25) is 0 Å². The number of nitrogens with zero attached hydrogens (tertiary/aromatic N) is 1. The number of rotatable bonds is 4. The molecule has 0 saturated heterocycles. The molecule has 4 heteroatoms. The number of nitriles is 1. The normalized spacial score (nSPS) is 26.8. The van der Waals surface area contributed by atoms with Gasteiger partial charge in [-0.2, -0.15) is 5.26 Å². The molecule has 2 rings (SSSR count). The Morgan fingerprint density at radius 2 is 2.39 bits per heavy atom. The molecule has 18 heavy (non-hydrogen) atoms. The van der Waals surface area contributed by atoms with Crippen LogP contribution in [-0.2, 0) is 0 Å². The van der Waals surface area contributed by atoms with Crippen molar-refractivity contribution in [2.24, 2.45) is 11.7 Å². The number of ether oxygens (including phenoxy) is 1. The van der Waals surface area contributed by atoms with Gasteiger partial charge in [-0.15, -0.1) is 0 Å². The van der Waals surface area contributed by atoms with E-state index >= 15 is 0 Å². The van der Waals surface area contributed by atoms with Gasteiger partial charge in [0.15, 0.2) is 0 Å². The predicted molar refractivity (Wildman–Crippen MR) is 66.4 cm³/mol. The third-order valence-electron chi connectivity index (χ3n) is 3.61. The van der Waals surface area contributed by atoms with Gasteiger partial charge in [0.1, 0.15) is 17.1 Å². The lowest BCUT2D eigenvalue weighted by molar-refractivity contribution is 0.254. The zero-order valence-corrected chi connectivity index (χ0v) is 10.2. The lowest BCUT2D eigenvalue weighted by Crippen LogP contribution is -2.42. The molecule has 1 fully saturated rings. The zero-order valence-electron chi connectivity index (χ0n) is 10.2. The van der Waals surface area contributed by atoms with E-state index in [0.717, 1.165) is 25.7 Å². The number of benzene rings is 1. The van der Waals surface area contributed by atoms with Gasteiger partial charge < -0.3 is 10.5 Å². The van der Waals surface area contributed by atoms with E-state index in [1.807, 2.05) is 0 Å². The van der Waals surface area contributed by atoms with Gasteiger partial charge in [-0.25, -0.2) is 4.39 Å². The molecule has 1 aliphatic rings. The molecule has 0 aliphatic heterocycles. The van der Waals surface area contributed by atoms with E-state index in [2.05, 4.69) is 6.07 Å². The minimum atomic E-state index is -0.703. The van der Waals surface area contributed by atoms with Gasteiger partial charge in [0.2, 0.25) is 0 Å². The van der Waals surface area contributed by atoms with Crippen molar-refractivity contribution < 1.29 is 9.13 Å². The molecule has 0 spiro atoms. The lowest BCUT2D eigenvalue weighted by Gasteiger charge is -2.23. The Morgan fingerprint density at radius 3 is 3.11 bits per heavy atom. The highest BCUT2D eigenvalue weighted by Crippen LogP contribution is 2.35. The van der Waals surface area contributed by atoms with E-state index < -0.39 is 5.54 Å². The molecule has 1 saturated carbocycles. The zero-order chi connectivity index (χ0) is 13.0. The fourth-order valence-electron chi connectivity index (χ4n) is 2.53. The number of halogens is 1. The van der Waals surface area contributed by atoms with E-state index in [0.29, 0.717) is 12.4 Å². The molecule has 1 aromatic rings. The smallest absolute Gasteiger partial charge is 0.126 e. The fraction of sp³-hybridized carbons (Fsp3) is 0.500. The number of nitrogens with two attached hydrogens (primary N) is 1. The summed E-state index contributed by atoms with van der Waals surface area (Å²) >= 11 is 0. The first kappa shape index (κ1) is 12.8. The van der Waals surface area contributed by atoms with Crippen molar-refractivity contribution in [1.82, 2.24) is 0 Å². The Bertz CT molecular complexity index is 457. The first-order valence-corrected chi connectivity index (χ1v) is 6.22. The van der Waals surface area contributed by atoms with Crippen LogP contribution in [0.4, 0.5) is 4.39 Å². The summed E-state index contributed by atoms with van der Waals surface area (Å²) in [5.74, 6) is 0.391. The van der Waals surface area contributed by atoms with Crippen molar-refractivity contribution in [3.05, 3.63) is 30.1 Å². The van der Waals surface area contributed by atoms with Crippen LogP contribution >= 0.6 is 0 Å². The highest BCUT2D eigenvalue weighted by atomic mass is 19.1. The number of hydrogen-bond acceptors (Lipinski definition) is 3. The van der Waals surface area contributed by atoms with E-state index in [-0.39, 0.29) is 11.7 Å². The second-order valence-corrected chi connectivity index (χ2v) is 4.84. The van der Waals surface area contributed by atoms with Crippen LogP contribution in [0.15, 0.2) is 24.3 Å². The van der Waals surface area contributed by atoms with E-state index in [9.17, 15) is 4.39 Å². The van der Waals surface area contributed by atoms with Crippen molar-refractivity contribution in [3.63, 3.8) is 0 Å². The van der Waals surface area contributed by atoms with Crippen LogP contribution in [0.5, 0.6) is 5.75 Å². The van der Waals surface area contributed by atoms with Crippen molar-refractivity contribution in [1.29, 1.82) is 5.26 Å². The second-order valence-electron chi connectivity index (χ2n) is 4.84. The maximum atomic E-state index is 12.9. The van der Waals surface area contributed by atoms with Crippen LogP contribution in [0.25, 0.3) is 0 Å².